The van der Waals surface area contributed by atoms with Crippen molar-refractivity contribution in [3.63, 3.8) is 0 Å². The fraction of sp³-hybridized carbons (Fsp3) is 0.400. The Balaban J connectivity index is 1.77. The zero-order valence-corrected chi connectivity index (χ0v) is 22.8. The summed E-state index contributed by atoms with van der Waals surface area (Å²) in [6.45, 7) is 3.42. The van der Waals surface area contributed by atoms with Crippen molar-refractivity contribution in [2.45, 2.75) is 38.5 Å². The Kier molecular flexibility index (Phi) is 8.81. The van der Waals surface area contributed by atoms with Crippen molar-refractivity contribution in [2.75, 3.05) is 34.5 Å². The van der Waals surface area contributed by atoms with E-state index in [1.165, 1.54) is 21.1 Å². The number of benzene rings is 2. The molecule has 1 heterocycles. The Morgan fingerprint density at radius 3 is 2.28 bits per heavy atom. The summed E-state index contributed by atoms with van der Waals surface area (Å²) in [4.78, 5) is 43.5. The van der Waals surface area contributed by atoms with Crippen LogP contribution in [0.1, 0.15) is 49.7 Å². The van der Waals surface area contributed by atoms with Gasteiger partial charge >= 0.3 is 11.9 Å². The van der Waals surface area contributed by atoms with Crippen LogP contribution in [0.15, 0.2) is 58.7 Å². The molecule has 0 N–H and O–H groups in total. The van der Waals surface area contributed by atoms with Crippen molar-refractivity contribution in [2.24, 2.45) is 10.9 Å². The van der Waals surface area contributed by atoms with E-state index >= 15 is 0 Å². The van der Waals surface area contributed by atoms with Gasteiger partial charge < -0.3 is 23.7 Å². The van der Waals surface area contributed by atoms with Gasteiger partial charge in [0.25, 0.3) is 0 Å². The van der Waals surface area contributed by atoms with Crippen LogP contribution in [0.2, 0.25) is 0 Å². The number of carbonyl (C=O) groups excluding carboxylic acids is 3. The Morgan fingerprint density at radius 2 is 1.64 bits per heavy atom. The molecule has 4 rings (SSSR count). The lowest BCUT2D eigenvalue weighted by molar-refractivity contribution is -0.147. The van der Waals surface area contributed by atoms with E-state index in [0.717, 1.165) is 11.3 Å². The molecule has 0 fully saturated rings. The number of Topliss-reactive ketones (excluding diaryl/α,β-unsaturated/α-hetero) is 1. The summed E-state index contributed by atoms with van der Waals surface area (Å²) in [5, 5.41) is 0. The van der Waals surface area contributed by atoms with Gasteiger partial charge in [-0.3, -0.25) is 19.4 Å². The lowest BCUT2D eigenvalue weighted by Crippen LogP contribution is -2.38. The number of methoxy groups -OCH3 is 3. The first-order valence-corrected chi connectivity index (χ1v) is 12.7. The Hall–Kier alpha value is -3.98. The van der Waals surface area contributed by atoms with Crippen LogP contribution < -0.4 is 14.2 Å². The molecule has 39 heavy (non-hydrogen) atoms. The monoisotopic (exact) mass is 535 g/mol. The molecule has 206 valence electrons. The molecular weight excluding hydrogens is 502 g/mol. The van der Waals surface area contributed by atoms with E-state index in [9.17, 15) is 14.4 Å². The van der Waals surface area contributed by atoms with Gasteiger partial charge in [-0.25, -0.2) is 0 Å². The summed E-state index contributed by atoms with van der Waals surface area (Å²) in [5.41, 5.74) is 3.41. The highest BCUT2D eigenvalue weighted by Gasteiger charge is 2.45. The van der Waals surface area contributed by atoms with Gasteiger partial charge in [-0.15, -0.1) is 0 Å². The average Bonchev–Trinajstić information content (AvgIpc) is 2.92. The fourth-order valence-electron chi connectivity index (χ4n) is 5.27. The highest BCUT2D eigenvalue weighted by Crippen LogP contribution is 2.48. The van der Waals surface area contributed by atoms with Gasteiger partial charge in [0, 0.05) is 43.4 Å². The highest BCUT2D eigenvalue weighted by molar-refractivity contribution is 6.09. The summed E-state index contributed by atoms with van der Waals surface area (Å²) in [6.07, 6.45) is 0.833. The number of allylic oxidation sites excluding steroid dienone is 2. The van der Waals surface area contributed by atoms with Gasteiger partial charge in [0.15, 0.2) is 17.3 Å². The zero-order valence-electron chi connectivity index (χ0n) is 22.8. The smallest absolute Gasteiger partial charge is 0.315 e. The second kappa shape index (κ2) is 12.3. The van der Waals surface area contributed by atoms with E-state index in [1.54, 1.807) is 32.2 Å². The minimum atomic E-state index is -0.814. The number of hydrogen-bond donors (Lipinski definition) is 0. The van der Waals surface area contributed by atoms with E-state index in [2.05, 4.69) is 0 Å². The number of aliphatic imine (C=N–C) groups is 1. The molecular formula is C30H33NO8. The molecule has 1 aliphatic carbocycles. The van der Waals surface area contributed by atoms with Crippen LogP contribution in [-0.4, -0.2) is 58.0 Å². The third-order valence-corrected chi connectivity index (χ3v) is 7.06. The van der Waals surface area contributed by atoms with Crippen LogP contribution in [0.5, 0.6) is 17.2 Å². The molecule has 9 heteroatoms. The molecule has 2 aliphatic rings. The number of nitrogens with zero attached hydrogens (tertiary/aromatic N) is 1. The van der Waals surface area contributed by atoms with Crippen LogP contribution in [0.3, 0.4) is 0 Å². The van der Waals surface area contributed by atoms with E-state index in [1.807, 2.05) is 24.3 Å². The second-order valence-corrected chi connectivity index (χ2v) is 9.53. The van der Waals surface area contributed by atoms with Crippen molar-refractivity contribution in [3.8, 4) is 17.2 Å². The summed E-state index contributed by atoms with van der Waals surface area (Å²) in [6, 6.07) is 12.7. The standard InChI is InChI=1S/C30H33NO8/c1-17-27(30(34)38-13-12-35-3)28(20-8-11-25(39-18(2)32)26(16-20)37-5)29-23(31-17)14-21(15-24(29)33)19-6-9-22(36-4)10-7-19/h6-11,16,21,27-28H,12-15H2,1-5H3/t21-,27?,28+/m1/s1. The van der Waals surface area contributed by atoms with Crippen LogP contribution in [-0.2, 0) is 23.9 Å². The van der Waals surface area contributed by atoms with Crippen molar-refractivity contribution in [3.05, 3.63) is 64.9 Å². The van der Waals surface area contributed by atoms with Gasteiger partial charge in [-0.2, -0.15) is 0 Å². The summed E-state index contributed by atoms with van der Waals surface area (Å²) in [5.74, 6) is -1.25. The molecule has 0 radical (unpaired) electrons. The largest absolute Gasteiger partial charge is 0.497 e. The molecule has 1 unspecified atom stereocenters. The zero-order chi connectivity index (χ0) is 28.1. The molecule has 0 saturated carbocycles. The number of carbonyl (C=O) groups is 3. The molecule has 0 spiro atoms. The molecule has 0 bridgehead atoms. The third-order valence-electron chi connectivity index (χ3n) is 7.06. The van der Waals surface area contributed by atoms with Crippen LogP contribution in [0.4, 0.5) is 0 Å². The number of rotatable bonds is 9. The topological polar surface area (TPSA) is 110 Å². The first-order chi connectivity index (χ1) is 18.8. The average molecular weight is 536 g/mol. The van der Waals surface area contributed by atoms with Crippen LogP contribution in [0.25, 0.3) is 0 Å². The molecule has 2 aromatic rings. The number of esters is 2. The van der Waals surface area contributed by atoms with Gasteiger partial charge in [0.05, 0.1) is 20.8 Å². The van der Waals surface area contributed by atoms with Crippen molar-refractivity contribution in [1.29, 1.82) is 0 Å². The minimum Gasteiger partial charge on any atom is -0.497 e. The Bertz CT molecular complexity index is 1310. The Morgan fingerprint density at radius 1 is 0.923 bits per heavy atom. The minimum absolute atomic E-state index is 0.0505. The molecule has 0 saturated heterocycles. The van der Waals surface area contributed by atoms with E-state index in [-0.39, 0.29) is 37.1 Å². The van der Waals surface area contributed by atoms with Crippen molar-refractivity contribution >= 4 is 23.4 Å². The van der Waals surface area contributed by atoms with Gasteiger partial charge in [-0.1, -0.05) is 18.2 Å². The van der Waals surface area contributed by atoms with Crippen LogP contribution >= 0.6 is 0 Å². The molecule has 9 nitrogen and oxygen atoms in total. The number of ketones is 1. The van der Waals surface area contributed by atoms with Gasteiger partial charge in [0.2, 0.25) is 0 Å². The predicted octanol–water partition coefficient (Wildman–Crippen LogP) is 4.39. The molecule has 3 atom stereocenters. The molecule has 2 aromatic carbocycles. The molecule has 0 amide bonds. The Labute approximate surface area is 227 Å². The van der Waals surface area contributed by atoms with Crippen LogP contribution in [0, 0.1) is 5.92 Å². The SMILES string of the molecule is COCCOC(=O)C1C(C)=NC2=C(C(=O)C[C@H](c3ccc(OC)cc3)C2)[C@H]1c1ccc(OC(C)=O)c(OC)c1. The van der Waals surface area contributed by atoms with E-state index < -0.39 is 23.8 Å². The lowest BCUT2D eigenvalue weighted by Gasteiger charge is -2.36. The summed E-state index contributed by atoms with van der Waals surface area (Å²) in [7, 11) is 4.60. The van der Waals surface area contributed by atoms with Gasteiger partial charge in [-0.05, 0) is 54.7 Å². The molecule has 0 aromatic heterocycles. The number of hydrogen-bond acceptors (Lipinski definition) is 9. The van der Waals surface area contributed by atoms with Gasteiger partial charge in [0.1, 0.15) is 18.3 Å². The first kappa shape index (κ1) is 28.0. The normalized spacial score (nSPS) is 20.6. The van der Waals surface area contributed by atoms with Crippen molar-refractivity contribution in [1.82, 2.24) is 0 Å². The molecule has 1 aliphatic heterocycles. The quantitative estimate of drug-likeness (QED) is 0.264. The maximum atomic E-state index is 13.8. The fourth-order valence-corrected chi connectivity index (χ4v) is 5.27. The number of ether oxygens (including phenoxy) is 5. The highest BCUT2D eigenvalue weighted by atomic mass is 16.6. The van der Waals surface area contributed by atoms with E-state index in [4.69, 9.17) is 28.7 Å². The maximum absolute atomic E-state index is 13.8. The van der Waals surface area contributed by atoms with Crippen molar-refractivity contribution < 1.29 is 38.1 Å². The van der Waals surface area contributed by atoms with E-state index in [0.29, 0.717) is 34.7 Å². The summed E-state index contributed by atoms with van der Waals surface area (Å²) < 4.78 is 26.6. The second-order valence-electron chi connectivity index (χ2n) is 9.53. The lowest BCUT2D eigenvalue weighted by atomic mass is 9.69. The summed E-state index contributed by atoms with van der Waals surface area (Å²) >= 11 is 0. The predicted molar refractivity (Wildman–Crippen MR) is 143 cm³/mol. The third kappa shape index (κ3) is 6.04. The maximum Gasteiger partial charge on any atom is 0.315 e. The first-order valence-electron chi connectivity index (χ1n) is 12.7.